The van der Waals surface area contributed by atoms with Gasteiger partial charge in [-0.05, 0) is 43.7 Å². The molecule has 21 heavy (non-hydrogen) atoms. The van der Waals surface area contributed by atoms with Gasteiger partial charge in [-0.15, -0.1) is 0 Å². The number of urea groups is 1. The Hall–Kier alpha value is -2.04. The molecule has 1 heterocycles. The summed E-state index contributed by atoms with van der Waals surface area (Å²) < 4.78 is 0. The topological polar surface area (TPSA) is 69.6 Å². The van der Waals surface area contributed by atoms with E-state index in [0.717, 1.165) is 31.5 Å². The van der Waals surface area contributed by atoms with Crippen LogP contribution in [0.4, 0.5) is 10.5 Å². The van der Waals surface area contributed by atoms with Gasteiger partial charge in [-0.25, -0.2) is 4.79 Å². The summed E-state index contributed by atoms with van der Waals surface area (Å²) in [5, 5.41) is 11.5. The number of carboxylic acid groups (broad SMARTS) is 1. The lowest BCUT2D eigenvalue weighted by molar-refractivity contribution is -0.137. The number of anilines is 1. The third kappa shape index (κ3) is 4.48. The van der Waals surface area contributed by atoms with Crippen molar-refractivity contribution in [2.75, 3.05) is 18.0 Å². The van der Waals surface area contributed by atoms with Gasteiger partial charge in [0.1, 0.15) is 0 Å². The Labute approximate surface area is 125 Å². The number of aryl methyl sites for hydroxylation is 1. The Kier molecular flexibility index (Phi) is 5.60. The molecule has 0 aromatic heterocycles. The molecule has 1 aromatic carbocycles. The van der Waals surface area contributed by atoms with E-state index in [1.807, 2.05) is 18.2 Å². The van der Waals surface area contributed by atoms with Gasteiger partial charge >= 0.3 is 12.0 Å². The number of carbonyl (C=O) groups is 2. The van der Waals surface area contributed by atoms with E-state index in [0.29, 0.717) is 19.4 Å². The van der Waals surface area contributed by atoms with Crippen molar-refractivity contribution in [1.82, 2.24) is 5.32 Å². The highest BCUT2D eigenvalue weighted by atomic mass is 16.4. The highest BCUT2D eigenvalue weighted by molar-refractivity contribution is 5.92. The third-order valence-corrected chi connectivity index (χ3v) is 3.70. The van der Waals surface area contributed by atoms with Crippen molar-refractivity contribution in [3.05, 3.63) is 29.8 Å². The van der Waals surface area contributed by atoms with Crippen molar-refractivity contribution >= 4 is 17.7 Å². The summed E-state index contributed by atoms with van der Waals surface area (Å²) in [7, 11) is 0. The second-order valence-corrected chi connectivity index (χ2v) is 5.32. The molecule has 114 valence electrons. The number of carbonyl (C=O) groups excluding carboxylic acids is 1. The summed E-state index contributed by atoms with van der Waals surface area (Å²) in [4.78, 5) is 24.5. The maximum atomic E-state index is 12.3. The maximum absolute atomic E-state index is 12.3. The fraction of sp³-hybridized carbons (Fsp3) is 0.500. The van der Waals surface area contributed by atoms with E-state index in [9.17, 15) is 9.59 Å². The molecule has 0 aliphatic carbocycles. The predicted molar refractivity (Wildman–Crippen MR) is 81.6 cm³/mol. The molecule has 0 saturated heterocycles. The van der Waals surface area contributed by atoms with Gasteiger partial charge in [0.2, 0.25) is 0 Å². The second-order valence-electron chi connectivity index (χ2n) is 5.32. The van der Waals surface area contributed by atoms with Gasteiger partial charge < -0.3 is 10.4 Å². The van der Waals surface area contributed by atoms with Gasteiger partial charge in [-0.3, -0.25) is 9.69 Å². The van der Waals surface area contributed by atoms with Crippen LogP contribution in [0.2, 0.25) is 0 Å². The molecule has 0 fully saturated rings. The molecule has 1 aliphatic heterocycles. The van der Waals surface area contributed by atoms with E-state index in [-0.39, 0.29) is 12.5 Å². The van der Waals surface area contributed by atoms with Crippen molar-refractivity contribution in [2.45, 2.75) is 38.5 Å². The smallest absolute Gasteiger partial charge is 0.321 e. The molecule has 5 heteroatoms. The van der Waals surface area contributed by atoms with Gasteiger partial charge in [0.25, 0.3) is 0 Å². The van der Waals surface area contributed by atoms with Crippen LogP contribution in [-0.4, -0.2) is 30.2 Å². The molecule has 2 N–H and O–H groups in total. The van der Waals surface area contributed by atoms with Gasteiger partial charge in [-0.2, -0.15) is 0 Å². The third-order valence-electron chi connectivity index (χ3n) is 3.70. The first kappa shape index (κ1) is 15.4. The number of nitrogens with one attached hydrogen (secondary N) is 1. The zero-order valence-electron chi connectivity index (χ0n) is 12.2. The number of benzene rings is 1. The lowest BCUT2D eigenvalue weighted by atomic mass is 10.1. The Morgan fingerprint density at radius 1 is 1.19 bits per heavy atom. The number of unbranched alkanes of at least 4 members (excludes halogenated alkanes) is 1. The summed E-state index contributed by atoms with van der Waals surface area (Å²) in [5.41, 5.74) is 2.22. The van der Waals surface area contributed by atoms with Crippen LogP contribution in [0.1, 0.15) is 37.7 Å². The molecule has 1 aromatic rings. The zero-order valence-corrected chi connectivity index (χ0v) is 12.2. The molecule has 2 rings (SSSR count). The lowest BCUT2D eigenvalue weighted by Crippen LogP contribution is -2.41. The average Bonchev–Trinajstić information content (AvgIpc) is 2.68. The minimum absolute atomic E-state index is 0.0836. The fourth-order valence-electron chi connectivity index (χ4n) is 2.59. The van der Waals surface area contributed by atoms with E-state index in [4.69, 9.17) is 5.11 Å². The molecular formula is C16H22N2O3. The summed E-state index contributed by atoms with van der Waals surface area (Å²) in [5.74, 6) is -0.789. The first-order chi connectivity index (χ1) is 10.2. The minimum Gasteiger partial charge on any atom is -0.481 e. The number of para-hydroxylation sites is 1. The Morgan fingerprint density at radius 2 is 2.00 bits per heavy atom. The molecule has 2 amide bonds. The van der Waals surface area contributed by atoms with Crippen molar-refractivity contribution in [3.63, 3.8) is 0 Å². The Bertz CT molecular complexity index is 502. The van der Waals surface area contributed by atoms with Crippen LogP contribution < -0.4 is 10.2 Å². The molecule has 0 bridgehead atoms. The number of hydrogen-bond acceptors (Lipinski definition) is 2. The Balaban J connectivity index is 1.88. The number of carboxylic acids is 1. The summed E-state index contributed by atoms with van der Waals surface area (Å²) >= 11 is 0. The number of amides is 2. The van der Waals surface area contributed by atoms with Gasteiger partial charge in [0, 0.05) is 25.2 Å². The highest BCUT2D eigenvalue weighted by Gasteiger charge is 2.20. The summed E-state index contributed by atoms with van der Waals surface area (Å²) in [6.07, 6.45) is 4.54. The standard InChI is InChI=1S/C16H22N2O3/c19-15(20)10-3-5-11-17-16(21)18-12-6-4-8-13-7-1-2-9-14(13)18/h1-2,7,9H,3-6,8,10-12H2,(H,17,21)(H,19,20). The van der Waals surface area contributed by atoms with Crippen molar-refractivity contribution in [3.8, 4) is 0 Å². The molecule has 0 saturated carbocycles. The van der Waals surface area contributed by atoms with Crippen LogP contribution in [0.25, 0.3) is 0 Å². The van der Waals surface area contributed by atoms with E-state index < -0.39 is 5.97 Å². The van der Waals surface area contributed by atoms with Gasteiger partial charge in [0.05, 0.1) is 0 Å². The van der Waals surface area contributed by atoms with Crippen LogP contribution in [0, 0.1) is 0 Å². The second kappa shape index (κ2) is 7.67. The number of hydrogen-bond donors (Lipinski definition) is 2. The fourth-order valence-corrected chi connectivity index (χ4v) is 2.59. The summed E-state index contributed by atoms with van der Waals surface area (Å²) in [6.45, 7) is 1.25. The van der Waals surface area contributed by atoms with Gasteiger partial charge in [0.15, 0.2) is 0 Å². The van der Waals surface area contributed by atoms with Crippen molar-refractivity contribution in [1.29, 1.82) is 0 Å². The average molecular weight is 290 g/mol. The van der Waals surface area contributed by atoms with Crippen LogP contribution in [0.5, 0.6) is 0 Å². The monoisotopic (exact) mass is 290 g/mol. The number of rotatable bonds is 5. The van der Waals surface area contributed by atoms with Crippen molar-refractivity contribution < 1.29 is 14.7 Å². The normalized spacial score (nSPS) is 14.2. The molecule has 0 unspecified atom stereocenters. The molecule has 0 atom stereocenters. The zero-order chi connectivity index (χ0) is 15.1. The van der Waals surface area contributed by atoms with E-state index in [1.165, 1.54) is 5.56 Å². The SMILES string of the molecule is O=C(O)CCCCNC(=O)N1CCCCc2ccccc21. The molecule has 0 spiro atoms. The molecule has 1 aliphatic rings. The van der Waals surface area contributed by atoms with Crippen LogP contribution in [-0.2, 0) is 11.2 Å². The first-order valence-electron chi connectivity index (χ1n) is 7.53. The largest absolute Gasteiger partial charge is 0.481 e. The summed E-state index contributed by atoms with van der Waals surface area (Å²) in [6, 6.07) is 7.95. The van der Waals surface area contributed by atoms with E-state index in [1.54, 1.807) is 4.90 Å². The van der Waals surface area contributed by atoms with Gasteiger partial charge in [-0.1, -0.05) is 18.2 Å². The predicted octanol–water partition coefficient (Wildman–Crippen LogP) is 2.79. The number of fused-ring (bicyclic) bond motifs is 1. The molecule has 0 radical (unpaired) electrons. The quantitative estimate of drug-likeness (QED) is 0.819. The maximum Gasteiger partial charge on any atom is 0.321 e. The Morgan fingerprint density at radius 3 is 2.81 bits per heavy atom. The van der Waals surface area contributed by atoms with Crippen LogP contribution in [0.15, 0.2) is 24.3 Å². The highest BCUT2D eigenvalue weighted by Crippen LogP contribution is 2.25. The number of nitrogens with zero attached hydrogens (tertiary/aromatic N) is 1. The number of aliphatic carboxylic acids is 1. The van der Waals surface area contributed by atoms with E-state index >= 15 is 0 Å². The van der Waals surface area contributed by atoms with E-state index in [2.05, 4.69) is 11.4 Å². The first-order valence-corrected chi connectivity index (χ1v) is 7.53. The molecule has 5 nitrogen and oxygen atoms in total. The minimum atomic E-state index is -0.789. The van der Waals surface area contributed by atoms with Crippen LogP contribution >= 0.6 is 0 Å². The molecular weight excluding hydrogens is 268 g/mol. The van der Waals surface area contributed by atoms with Crippen LogP contribution in [0.3, 0.4) is 0 Å². The lowest BCUT2D eigenvalue weighted by Gasteiger charge is -2.23. The van der Waals surface area contributed by atoms with Crippen molar-refractivity contribution in [2.24, 2.45) is 0 Å².